The molecule has 1 aliphatic rings. The van der Waals surface area contributed by atoms with Crippen molar-refractivity contribution in [2.24, 2.45) is 5.10 Å². The summed E-state index contributed by atoms with van der Waals surface area (Å²) in [5.74, 6) is 0.837. The number of hydrogen-bond acceptors (Lipinski definition) is 5. The molecule has 2 N–H and O–H groups in total. The van der Waals surface area contributed by atoms with Gasteiger partial charge in [-0.3, -0.25) is 4.79 Å². The van der Waals surface area contributed by atoms with Gasteiger partial charge in [0.15, 0.2) is 0 Å². The first-order valence-electron chi connectivity index (χ1n) is 8.33. The third-order valence-electron chi connectivity index (χ3n) is 4.37. The summed E-state index contributed by atoms with van der Waals surface area (Å²) in [6.07, 6.45) is 0. The van der Waals surface area contributed by atoms with E-state index in [2.05, 4.69) is 44.7 Å². The van der Waals surface area contributed by atoms with Crippen LogP contribution in [0.25, 0.3) is 22.4 Å². The summed E-state index contributed by atoms with van der Waals surface area (Å²) in [7, 11) is 4.04. The van der Waals surface area contributed by atoms with E-state index in [1.54, 1.807) is 0 Å². The van der Waals surface area contributed by atoms with Crippen molar-refractivity contribution in [3.8, 4) is 11.4 Å². The van der Waals surface area contributed by atoms with Crippen LogP contribution in [0.15, 0.2) is 47.6 Å². The zero-order chi connectivity index (χ0) is 18.3. The second-order valence-electron chi connectivity index (χ2n) is 6.42. The van der Waals surface area contributed by atoms with Gasteiger partial charge in [-0.05, 0) is 43.3 Å². The van der Waals surface area contributed by atoms with Crippen molar-refractivity contribution in [3.63, 3.8) is 0 Å². The Morgan fingerprint density at radius 1 is 1.08 bits per heavy atom. The molecule has 7 heteroatoms. The third kappa shape index (κ3) is 3.06. The minimum Gasteiger partial charge on any atom is -0.378 e. The Bertz CT molecular complexity index is 1010. The van der Waals surface area contributed by atoms with E-state index in [9.17, 15) is 4.79 Å². The molecule has 1 aromatic heterocycles. The average molecular weight is 365 g/mol. The molecule has 1 amide bonds. The molecule has 3 aromatic rings. The second kappa shape index (κ2) is 6.49. The van der Waals surface area contributed by atoms with Crippen LogP contribution in [0.1, 0.15) is 12.5 Å². The monoisotopic (exact) mass is 365 g/mol. The van der Waals surface area contributed by atoms with E-state index < -0.39 is 0 Å². The molecule has 1 unspecified atom stereocenters. The minimum atomic E-state index is -0.118. The number of rotatable bonds is 3. The quantitative estimate of drug-likeness (QED) is 0.739. The molecular weight excluding hydrogens is 346 g/mol. The number of aromatic nitrogens is 2. The molecule has 0 fully saturated rings. The SMILES string of the molecule is CC1SC(=O)NN=C1c1ccc2nc(-c3ccc(N(C)C)cc3)[nH]c2c1. The molecule has 132 valence electrons. The molecular formula is C19H19N5OS. The molecule has 6 nitrogen and oxygen atoms in total. The van der Waals surface area contributed by atoms with Gasteiger partial charge in [-0.1, -0.05) is 17.8 Å². The fraction of sp³-hybridized carbons (Fsp3) is 0.211. The van der Waals surface area contributed by atoms with Crippen LogP contribution < -0.4 is 10.3 Å². The topological polar surface area (TPSA) is 73.4 Å². The lowest BCUT2D eigenvalue weighted by molar-refractivity contribution is 0.261. The van der Waals surface area contributed by atoms with Gasteiger partial charge in [-0.2, -0.15) is 5.10 Å². The molecule has 1 aliphatic heterocycles. The van der Waals surface area contributed by atoms with Crippen molar-refractivity contribution in [2.45, 2.75) is 12.2 Å². The lowest BCUT2D eigenvalue weighted by Gasteiger charge is -2.18. The number of carbonyl (C=O) groups excluding carboxylic acids is 1. The largest absolute Gasteiger partial charge is 0.378 e. The van der Waals surface area contributed by atoms with Crippen LogP contribution >= 0.6 is 11.8 Å². The molecule has 0 bridgehead atoms. The molecule has 1 atom stereocenters. The smallest absolute Gasteiger partial charge is 0.299 e. The number of anilines is 1. The van der Waals surface area contributed by atoms with Crippen molar-refractivity contribution in [1.82, 2.24) is 15.4 Å². The van der Waals surface area contributed by atoms with Crippen molar-refractivity contribution in [1.29, 1.82) is 0 Å². The van der Waals surface area contributed by atoms with E-state index in [1.807, 2.05) is 39.2 Å². The van der Waals surface area contributed by atoms with Gasteiger partial charge in [0.05, 0.1) is 22.0 Å². The van der Waals surface area contributed by atoms with Gasteiger partial charge in [-0.15, -0.1) is 0 Å². The number of nitrogens with zero attached hydrogens (tertiary/aromatic N) is 3. The molecule has 0 spiro atoms. The number of aromatic amines is 1. The molecule has 4 rings (SSSR count). The average Bonchev–Trinajstić information content (AvgIpc) is 3.05. The third-order valence-corrected chi connectivity index (χ3v) is 5.25. The maximum absolute atomic E-state index is 11.4. The van der Waals surface area contributed by atoms with Crippen molar-refractivity contribution in [3.05, 3.63) is 48.0 Å². The molecule has 0 radical (unpaired) electrons. The fourth-order valence-corrected chi connectivity index (χ4v) is 3.68. The highest BCUT2D eigenvalue weighted by molar-refractivity contribution is 8.14. The molecule has 2 heterocycles. The van der Waals surface area contributed by atoms with E-state index in [0.29, 0.717) is 0 Å². The highest BCUT2D eigenvalue weighted by Crippen LogP contribution is 2.26. The Morgan fingerprint density at radius 2 is 1.81 bits per heavy atom. The first-order chi connectivity index (χ1) is 12.5. The summed E-state index contributed by atoms with van der Waals surface area (Å²) in [6.45, 7) is 1.98. The number of carbonyl (C=O) groups is 1. The summed E-state index contributed by atoms with van der Waals surface area (Å²) in [5.41, 5.74) is 8.43. The number of thioether (sulfide) groups is 1. The lowest BCUT2D eigenvalue weighted by atomic mass is 10.1. The number of nitrogens with one attached hydrogen (secondary N) is 2. The summed E-state index contributed by atoms with van der Waals surface area (Å²) >= 11 is 1.24. The predicted octanol–water partition coefficient (Wildman–Crippen LogP) is 3.84. The van der Waals surface area contributed by atoms with E-state index in [0.717, 1.165) is 39.4 Å². The van der Waals surface area contributed by atoms with E-state index in [-0.39, 0.29) is 10.5 Å². The number of amides is 1. The van der Waals surface area contributed by atoms with E-state index in [4.69, 9.17) is 4.98 Å². The van der Waals surface area contributed by atoms with Gasteiger partial charge in [0.25, 0.3) is 5.24 Å². The summed E-state index contributed by atoms with van der Waals surface area (Å²) in [6, 6.07) is 14.3. The standard InChI is InChI=1S/C19H19N5OS/c1-11-17(22-23-19(25)26-11)13-6-9-15-16(10-13)21-18(20-15)12-4-7-14(8-5-12)24(2)3/h4-11H,1-3H3,(H,20,21)(H,23,25). The van der Waals surface area contributed by atoms with Gasteiger partial charge < -0.3 is 9.88 Å². The maximum Gasteiger partial charge on any atom is 0.299 e. The Hall–Kier alpha value is -2.80. The van der Waals surface area contributed by atoms with Crippen LogP contribution in [0.4, 0.5) is 10.5 Å². The number of benzene rings is 2. The Labute approximate surface area is 155 Å². The van der Waals surface area contributed by atoms with Crippen LogP contribution in [0.3, 0.4) is 0 Å². The summed E-state index contributed by atoms with van der Waals surface area (Å²) in [4.78, 5) is 21.6. The molecule has 26 heavy (non-hydrogen) atoms. The summed E-state index contributed by atoms with van der Waals surface area (Å²) < 4.78 is 0. The van der Waals surface area contributed by atoms with Gasteiger partial charge >= 0.3 is 0 Å². The molecule has 0 saturated heterocycles. The highest BCUT2D eigenvalue weighted by atomic mass is 32.2. The number of imidazole rings is 1. The van der Waals surface area contributed by atoms with Crippen LogP contribution in [-0.4, -0.2) is 40.3 Å². The lowest BCUT2D eigenvalue weighted by Crippen LogP contribution is -2.29. The highest BCUT2D eigenvalue weighted by Gasteiger charge is 2.22. The normalized spacial score (nSPS) is 17.1. The van der Waals surface area contributed by atoms with Crippen LogP contribution in [0.5, 0.6) is 0 Å². The van der Waals surface area contributed by atoms with Crippen LogP contribution in [0.2, 0.25) is 0 Å². The van der Waals surface area contributed by atoms with Crippen molar-refractivity contribution in [2.75, 3.05) is 19.0 Å². The van der Waals surface area contributed by atoms with Gasteiger partial charge in [0.1, 0.15) is 5.82 Å². The van der Waals surface area contributed by atoms with Gasteiger partial charge in [-0.25, -0.2) is 10.4 Å². The number of hydrazone groups is 1. The fourth-order valence-electron chi connectivity index (χ4n) is 2.96. The van der Waals surface area contributed by atoms with Crippen molar-refractivity contribution >= 4 is 39.4 Å². The Morgan fingerprint density at radius 3 is 2.50 bits per heavy atom. The zero-order valence-electron chi connectivity index (χ0n) is 14.8. The maximum atomic E-state index is 11.4. The minimum absolute atomic E-state index is 0.0159. The van der Waals surface area contributed by atoms with E-state index in [1.165, 1.54) is 11.8 Å². The van der Waals surface area contributed by atoms with Gasteiger partial charge in [0, 0.05) is 30.9 Å². The number of H-pyrrole nitrogens is 1. The predicted molar refractivity (Wildman–Crippen MR) is 108 cm³/mol. The van der Waals surface area contributed by atoms with E-state index >= 15 is 0 Å². The summed E-state index contributed by atoms with van der Waals surface area (Å²) in [5, 5.41) is 4.11. The first kappa shape index (κ1) is 16.7. The molecule has 2 aromatic carbocycles. The van der Waals surface area contributed by atoms with Crippen molar-refractivity contribution < 1.29 is 4.79 Å². The molecule has 0 saturated carbocycles. The Kier molecular flexibility index (Phi) is 4.16. The Balaban J connectivity index is 1.69. The molecule has 0 aliphatic carbocycles. The second-order valence-corrected chi connectivity index (χ2v) is 7.73. The van der Waals surface area contributed by atoms with Crippen LogP contribution in [0, 0.1) is 0 Å². The van der Waals surface area contributed by atoms with Crippen LogP contribution in [-0.2, 0) is 0 Å². The number of hydrogen-bond donors (Lipinski definition) is 2. The number of fused-ring (bicyclic) bond motifs is 1. The van der Waals surface area contributed by atoms with Gasteiger partial charge in [0.2, 0.25) is 0 Å². The zero-order valence-corrected chi connectivity index (χ0v) is 15.6. The first-order valence-corrected chi connectivity index (χ1v) is 9.21.